The molecule has 3 saturated heterocycles. The molecule has 8 nitrogen and oxygen atoms in total. The third-order valence-electron chi connectivity index (χ3n) is 6.75. The normalized spacial score (nSPS) is 24.8. The zero-order valence-electron chi connectivity index (χ0n) is 19.6. The Morgan fingerprint density at radius 2 is 1.86 bits per heavy atom. The lowest BCUT2D eigenvalue weighted by Crippen LogP contribution is -2.51. The van der Waals surface area contributed by atoms with Crippen molar-refractivity contribution in [1.29, 1.82) is 0 Å². The Hall–Kier alpha value is -2.48. The number of alkyl halides is 5. The van der Waals surface area contributed by atoms with Gasteiger partial charge in [0.2, 0.25) is 11.8 Å². The van der Waals surface area contributed by atoms with E-state index in [0.29, 0.717) is 0 Å². The van der Waals surface area contributed by atoms with Gasteiger partial charge in [0.15, 0.2) is 0 Å². The van der Waals surface area contributed by atoms with Gasteiger partial charge in [-0.3, -0.25) is 14.4 Å². The average Bonchev–Trinajstić information content (AvgIpc) is 3.30. The lowest BCUT2D eigenvalue weighted by molar-refractivity contribution is -0.137. The van der Waals surface area contributed by atoms with Gasteiger partial charge in [0, 0.05) is 49.0 Å². The maximum atomic E-state index is 14.1. The molecule has 2 N–H and O–H groups in total. The smallest absolute Gasteiger partial charge is 0.378 e. The molecule has 0 saturated carbocycles. The van der Waals surface area contributed by atoms with Gasteiger partial charge in [-0.25, -0.2) is 8.78 Å². The number of benzene rings is 1. The molecular formula is C23H26BrF5N4O4. The highest BCUT2D eigenvalue weighted by atomic mass is 79.9. The fourth-order valence-electron chi connectivity index (χ4n) is 4.96. The lowest BCUT2D eigenvalue weighted by atomic mass is 9.91. The summed E-state index contributed by atoms with van der Waals surface area (Å²) < 4.78 is 73.8. The molecule has 3 aliphatic heterocycles. The number of nitrogens with one attached hydrogen (secondary N) is 2. The van der Waals surface area contributed by atoms with E-state index in [-0.39, 0.29) is 74.4 Å². The van der Waals surface area contributed by atoms with E-state index in [9.17, 15) is 36.3 Å². The van der Waals surface area contributed by atoms with Gasteiger partial charge in [0.25, 0.3) is 12.3 Å². The van der Waals surface area contributed by atoms with Crippen LogP contribution in [-0.4, -0.2) is 80.5 Å². The van der Waals surface area contributed by atoms with Crippen LogP contribution in [0.2, 0.25) is 0 Å². The zero-order valence-corrected chi connectivity index (χ0v) is 21.2. The summed E-state index contributed by atoms with van der Waals surface area (Å²) in [6.45, 7) is 1.18. The van der Waals surface area contributed by atoms with E-state index in [1.54, 1.807) is 0 Å². The second-order valence-corrected chi connectivity index (χ2v) is 10.3. The molecule has 0 spiro atoms. The first kappa shape index (κ1) is 27.6. The first-order valence-electron chi connectivity index (χ1n) is 11.8. The number of hydrogen-bond acceptors (Lipinski definition) is 5. The molecule has 0 bridgehead atoms. The molecule has 3 aliphatic rings. The number of piperidine rings is 1. The molecular weight excluding hydrogens is 571 g/mol. The molecule has 3 amide bonds. The number of rotatable bonds is 5. The summed E-state index contributed by atoms with van der Waals surface area (Å²) in [5, 5.41) is 4.86. The Bertz CT molecular complexity index is 1050. The van der Waals surface area contributed by atoms with Crippen LogP contribution in [0.5, 0.6) is 0 Å². The zero-order chi connectivity index (χ0) is 26.9. The van der Waals surface area contributed by atoms with E-state index < -0.39 is 53.9 Å². The van der Waals surface area contributed by atoms with E-state index in [2.05, 4.69) is 26.6 Å². The molecule has 0 aromatic heterocycles. The summed E-state index contributed by atoms with van der Waals surface area (Å²) in [4.78, 5) is 40.7. The van der Waals surface area contributed by atoms with Crippen molar-refractivity contribution in [3.8, 4) is 0 Å². The van der Waals surface area contributed by atoms with Gasteiger partial charge in [-0.15, -0.1) is 0 Å². The third-order valence-corrected chi connectivity index (χ3v) is 7.21. The Labute approximate surface area is 218 Å². The van der Waals surface area contributed by atoms with E-state index in [1.807, 2.05) is 0 Å². The van der Waals surface area contributed by atoms with Crippen molar-refractivity contribution in [3.63, 3.8) is 0 Å². The molecule has 1 aromatic carbocycles. The second-order valence-electron chi connectivity index (χ2n) is 9.34. The van der Waals surface area contributed by atoms with Crippen LogP contribution in [-0.2, 0) is 20.5 Å². The number of morpholine rings is 1. The summed E-state index contributed by atoms with van der Waals surface area (Å²) in [7, 11) is 0. The van der Waals surface area contributed by atoms with Crippen LogP contribution >= 0.6 is 15.9 Å². The number of amides is 3. The van der Waals surface area contributed by atoms with Crippen molar-refractivity contribution in [2.75, 3.05) is 44.3 Å². The Morgan fingerprint density at radius 3 is 2.51 bits per heavy atom. The van der Waals surface area contributed by atoms with Gasteiger partial charge in [-0.05, 0) is 25.0 Å². The van der Waals surface area contributed by atoms with Crippen molar-refractivity contribution in [3.05, 3.63) is 27.7 Å². The number of nitrogens with zero attached hydrogens (tertiary/aromatic N) is 2. The summed E-state index contributed by atoms with van der Waals surface area (Å²) in [5.74, 6) is -2.76. The van der Waals surface area contributed by atoms with Crippen LogP contribution in [0.4, 0.5) is 27.6 Å². The highest BCUT2D eigenvalue weighted by molar-refractivity contribution is 9.10. The van der Waals surface area contributed by atoms with E-state index in [0.717, 1.165) is 6.07 Å². The minimum atomic E-state index is -4.75. The number of ether oxygens (including phenoxy) is 1. The van der Waals surface area contributed by atoms with Gasteiger partial charge >= 0.3 is 6.18 Å². The van der Waals surface area contributed by atoms with Crippen molar-refractivity contribution in [2.45, 2.75) is 43.9 Å². The van der Waals surface area contributed by atoms with E-state index in [1.165, 1.54) is 15.9 Å². The predicted octanol–water partition coefficient (Wildman–Crippen LogP) is 2.80. The van der Waals surface area contributed by atoms with Crippen LogP contribution in [0.15, 0.2) is 16.6 Å². The predicted molar refractivity (Wildman–Crippen MR) is 125 cm³/mol. The first-order valence-corrected chi connectivity index (χ1v) is 12.6. The minimum Gasteiger partial charge on any atom is -0.378 e. The maximum Gasteiger partial charge on any atom is 0.418 e. The van der Waals surface area contributed by atoms with Crippen LogP contribution in [0, 0.1) is 5.92 Å². The maximum absolute atomic E-state index is 14.1. The van der Waals surface area contributed by atoms with Crippen molar-refractivity contribution < 1.29 is 41.1 Å². The standard InChI is InChI=1S/C23H26BrF5N4O4/c24-13-9-15(22(36)32-3-5-37-6-4-32)19(16(10-13)23(27,28)29)33-2-1-14(11-33)30-21(35)12-7-17(20(25)26)31-18(34)8-12/h9-10,12,14,17,20H,1-8,11H2,(H,30,35)(H,31,34)/t12?,14-,17?/m1/s1. The summed E-state index contributed by atoms with van der Waals surface area (Å²) in [6, 6.07) is 0.267. The number of halogens is 6. The van der Waals surface area contributed by atoms with E-state index >= 15 is 0 Å². The molecule has 4 rings (SSSR count). The van der Waals surface area contributed by atoms with Crippen molar-refractivity contribution in [1.82, 2.24) is 15.5 Å². The van der Waals surface area contributed by atoms with Gasteiger partial charge in [0.1, 0.15) is 0 Å². The van der Waals surface area contributed by atoms with Gasteiger partial charge in [-0.2, -0.15) is 13.2 Å². The Balaban J connectivity index is 1.55. The van der Waals surface area contributed by atoms with Crippen LogP contribution in [0.1, 0.15) is 35.2 Å². The summed E-state index contributed by atoms with van der Waals surface area (Å²) in [5.41, 5.74) is -1.35. The number of carbonyl (C=O) groups excluding carboxylic acids is 3. The number of anilines is 1. The molecule has 1 aromatic rings. The lowest BCUT2D eigenvalue weighted by Gasteiger charge is -2.31. The summed E-state index contributed by atoms with van der Waals surface area (Å²) in [6.07, 6.45) is -7.76. The fraction of sp³-hybridized carbons (Fsp3) is 0.609. The third kappa shape index (κ3) is 6.33. The number of carbonyl (C=O) groups is 3. The molecule has 37 heavy (non-hydrogen) atoms. The summed E-state index contributed by atoms with van der Waals surface area (Å²) >= 11 is 3.09. The molecule has 0 radical (unpaired) electrons. The SMILES string of the molecule is O=C1CC(C(=O)N[C@@H]2CCN(c3c(C(=O)N4CCOCC4)cc(Br)cc3C(F)(F)F)C2)CC(C(F)F)N1. The van der Waals surface area contributed by atoms with Crippen molar-refractivity contribution >= 4 is 39.3 Å². The molecule has 204 valence electrons. The minimum absolute atomic E-state index is 0.0168. The highest BCUT2D eigenvalue weighted by Crippen LogP contribution is 2.42. The highest BCUT2D eigenvalue weighted by Gasteiger charge is 2.41. The fourth-order valence-corrected chi connectivity index (χ4v) is 5.42. The monoisotopic (exact) mass is 596 g/mol. The molecule has 3 atom stereocenters. The largest absolute Gasteiger partial charge is 0.418 e. The molecule has 2 unspecified atom stereocenters. The Morgan fingerprint density at radius 1 is 1.16 bits per heavy atom. The number of hydrogen-bond donors (Lipinski definition) is 2. The Kier molecular flexibility index (Phi) is 8.26. The van der Waals surface area contributed by atoms with Crippen LogP contribution < -0.4 is 15.5 Å². The van der Waals surface area contributed by atoms with Crippen LogP contribution in [0.3, 0.4) is 0 Å². The topological polar surface area (TPSA) is 91.0 Å². The van der Waals surface area contributed by atoms with Gasteiger partial charge in [-0.1, -0.05) is 15.9 Å². The quantitative estimate of drug-likeness (QED) is 0.510. The molecule has 3 fully saturated rings. The second kappa shape index (κ2) is 11.1. The van der Waals surface area contributed by atoms with Crippen LogP contribution in [0.25, 0.3) is 0 Å². The molecule has 0 aliphatic carbocycles. The van der Waals surface area contributed by atoms with Crippen molar-refractivity contribution in [2.24, 2.45) is 5.92 Å². The van der Waals surface area contributed by atoms with Gasteiger partial charge in [0.05, 0.1) is 36.1 Å². The van der Waals surface area contributed by atoms with Gasteiger partial charge < -0.3 is 25.2 Å². The molecule has 14 heteroatoms. The molecule has 3 heterocycles. The average molecular weight is 597 g/mol. The van der Waals surface area contributed by atoms with E-state index in [4.69, 9.17) is 4.74 Å². The first-order chi connectivity index (χ1) is 17.4.